The van der Waals surface area contributed by atoms with E-state index in [1.165, 1.54) is 0 Å². The molecule has 1 aliphatic carbocycles. The molecule has 0 spiro atoms. The summed E-state index contributed by atoms with van der Waals surface area (Å²) >= 11 is 0. The van der Waals surface area contributed by atoms with Crippen LogP contribution < -0.4 is 5.32 Å². The Morgan fingerprint density at radius 3 is 2.38 bits per heavy atom. The van der Waals surface area contributed by atoms with Crippen molar-refractivity contribution in [1.82, 2.24) is 10.2 Å². The first-order valence-electron chi connectivity index (χ1n) is 9.24. The molecule has 2 fully saturated rings. The van der Waals surface area contributed by atoms with Crippen LogP contribution >= 0.6 is 0 Å². The molecule has 0 radical (unpaired) electrons. The second-order valence-electron chi connectivity index (χ2n) is 7.30. The molecule has 3 atom stereocenters. The van der Waals surface area contributed by atoms with Crippen LogP contribution in [0.3, 0.4) is 0 Å². The minimum absolute atomic E-state index is 0.0512. The maximum absolute atomic E-state index is 12.9. The normalized spacial score (nSPS) is 25.2. The molecule has 1 N–H and O–H groups in total. The average molecular weight is 328 g/mol. The molecule has 1 aromatic rings. The minimum atomic E-state index is -0.0512. The number of nitrogens with zero attached hydrogens (tertiary/aromatic N) is 1. The van der Waals surface area contributed by atoms with E-state index >= 15 is 0 Å². The molecule has 130 valence electrons. The molecule has 0 aromatic heterocycles. The van der Waals surface area contributed by atoms with Crippen molar-refractivity contribution in [2.45, 2.75) is 51.5 Å². The number of likely N-dealkylation sites (tertiary alicyclic amines) is 1. The van der Waals surface area contributed by atoms with Gasteiger partial charge >= 0.3 is 0 Å². The van der Waals surface area contributed by atoms with Crippen molar-refractivity contribution in [3.63, 3.8) is 0 Å². The molecule has 0 unspecified atom stereocenters. The van der Waals surface area contributed by atoms with Gasteiger partial charge in [0.25, 0.3) is 0 Å². The molecule has 1 saturated carbocycles. The Kier molecular flexibility index (Phi) is 5.22. The van der Waals surface area contributed by atoms with E-state index in [9.17, 15) is 9.59 Å². The summed E-state index contributed by atoms with van der Waals surface area (Å²) in [6, 6.07) is 10.3. The van der Waals surface area contributed by atoms with Crippen molar-refractivity contribution in [3.05, 3.63) is 35.9 Å². The molecule has 1 aliphatic heterocycles. The summed E-state index contributed by atoms with van der Waals surface area (Å²) in [4.78, 5) is 26.9. The number of carbonyl (C=O) groups is 2. The number of rotatable bonds is 5. The topological polar surface area (TPSA) is 49.4 Å². The molecule has 3 rings (SSSR count). The fraction of sp³-hybridized carbons (Fsp3) is 0.600. The summed E-state index contributed by atoms with van der Waals surface area (Å²) in [5.74, 6) is 1.16. The van der Waals surface area contributed by atoms with Crippen molar-refractivity contribution >= 4 is 11.8 Å². The predicted octanol–water partition coefficient (Wildman–Crippen LogP) is 2.94. The lowest BCUT2D eigenvalue weighted by Crippen LogP contribution is -2.48. The summed E-state index contributed by atoms with van der Waals surface area (Å²) in [6.07, 6.45) is 3.57. The van der Waals surface area contributed by atoms with Crippen LogP contribution in [0.25, 0.3) is 0 Å². The van der Waals surface area contributed by atoms with E-state index in [1.54, 1.807) is 0 Å². The largest absolute Gasteiger partial charge is 0.353 e. The van der Waals surface area contributed by atoms with E-state index in [-0.39, 0.29) is 29.7 Å². The highest BCUT2D eigenvalue weighted by molar-refractivity contribution is 5.84. The molecular weight excluding hydrogens is 300 g/mol. The minimum Gasteiger partial charge on any atom is -0.353 e. The van der Waals surface area contributed by atoms with Crippen LogP contribution in [-0.4, -0.2) is 35.8 Å². The first-order valence-corrected chi connectivity index (χ1v) is 9.24. The van der Waals surface area contributed by atoms with E-state index in [4.69, 9.17) is 0 Å². The Balaban J connectivity index is 1.52. The van der Waals surface area contributed by atoms with Crippen molar-refractivity contribution in [2.75, 3.05) is 13.1 Å². The number of piperidine rings is 1. The van der Waals surface area contributed by atoms with Gasteiger partial charge in [-0.25, -0.2) is 0 Å². The maximum atomic E-state index is 12.9. The fourth-order valence-corrected chi connectivity index (χ4v) is 3.70. The first-order chi connectivity index (χ1) is 11.6. The number of hydrogen-bond donors (Lipinski definition) is 1. The third-order valence-electron chi connectivity index (χ3n) is 5.51. The maximum Gasteiger partial charge on any atom is 0.230 e. The summed E-state index contributed by atoms with van der Waals surface area (Å²) in [7, 11) is 0. The molecule has 0 bridgehead atoms. The number of benzene rings is 1. The third kappa shape index (κ3) is 3.80. The molecule has 2 amide bonds. The van der Waals surface area contributed by atoms with Gasteiger partial charge < -0.3 is 10.2 Å². The molecule has 2 aliphatic rings. The zero-order valence-corrected chi connectivity index (χ0v) is 14.7. The van der Waals surface area contributed by atoms with Crippen LogP contribution in [0.15, 0.2) is 30.3 Å². The number of nitrogens with one attached hydrogen (secondary N) is 1. The molecule has 1 heterocycles. The second kappa shape index (κ2) is 7.37. The van der Waals surface area contributed by atoms with E-state index < -0.39 is 0 Å². The zero-order valence-electron chi connectivity index (χ0n) is 14.7. The third-order valence-corrected chi connectivity index (χ3v) is 5.51. The molecule has 4 heteroatoms. The summed E-state index contributed by atoms with van der Waals surface area (Å²) in [5, 5.41) is 3.17. The highest BCUT2D eigenvalue weighted by atomic mass is 16.2. The van der Waals surface area contributed by atoms with Gasteiger partial charge in [-0.2, -0.15) is 0 Å². The lowest BCUT2D eigenvalue weighted by atomic mass is 9.93. The van der Waals surface area contributed by atoms with Crippen LogP contribution in [0.1, 0.15) is 51.0 Å². The van der Waals surface area contributed by atoms with Crippen LogP contribution in [0.4, 0.5) is 0 Å². The summed E-state index contributed by atoms with van der Waals surface area (Å²) < 4.78 is 0. The van der Waals surface area contributed by atoms with E-state index in [2.05, 4.69) is 19.2 Å². The summed E-state index contributed by atoms with van der Waals surface area (Å²) in [6.45, 7) is 5.68. The van der Waals surface area contributed by atoms with Gasteiger partial charge in [-0.3, -0.25) is 9.59 Å². The van der Waals surface area contributed by atoms with Crippen LogP contribution in [0.2, 0.25) is 0 Å². The Morgan fingerprint density at radius 2 is 1.83 bits per heavy atom. The molecule has 1 saturated heterocycles. The van der Waals surface area contributed by atoms with Gasteiger partial charge in [0.05, 0.1) is 5.92 Å². The van der Waals surface area contributed by atoms with Crippen LogP contribution in [-0.2, 0) is 9.59 Å². The van der Waals surface area contributed by atoms with Gasteiger partial charge in [0.2, 0.25) is 11.8 Å². The van der Waals surface area contributed by atoms with Gasteiger partial charge in [-0.05, 0) is 37.2 Å². The van der Waals surface area contributed by atoms with Gasteiger partial charge in [-0.15, -0.1) is 0 Å². The van der Waals surface area contributed by atoms with Crippen molar-refractivity contribution in [2.24, 2.45) is 11.8 Å². The van der Waals surface area contributed by atoms with Gasteiger partial charge in [0.1, 0.15) is 0 Å². The van der Waals surface area contributed by atoms with Crippen molar-refractivity contribution < 1.29 is 9.59 Å². The second-order valence-corrected chi connectivity index (χ2v) is 7.30. The Hall–Kier alpha value is -1.84. The highest BCUT2D eigenvalue weighted by Gasteiger charge is 2.40. The van der Waals surface area contributed by atoms with Crippen LogP contribution in [0, 0.1) is 11.8 Å². The predicted molar refractivity (Wildman–Crippen MR) is 94.5 cm³/mol. The zero-order chi connectivity index (χ0) is 17.1. The van der Waals surface area contributed by atoms with Gasteiger partial charge in [0, 0.05) is 25.0 Å². The Bertz CT molecular complexity index is 579. The van der Waals surface area contributed by atoms with E-state index in [0.29, 0.717) is 5.92 Å². The van der Waals surface area contributed by atoms with E-state index in [0.717, 1.165) is 44.3 Å². The quantitative estimate of drug-likeness (QED) is 0.903. The fourth-order valence-electron chi connectivity index (χ4n) is 3.70. The lowest BCUT2D eigenvalue weighted by molar-refractivity contribution is -0.134. The molecule has 24 heavy (non-hydrogen) atoms. The highest BCUT2D eigenvalue weighted by Crippen LogP contribution is 2.38. The standard InChI is InChI=1S/C20H28N2O2/c1-3-17(15-7-5-4-6-8-15)20(24)22-11-9-16(10-12-22)21-19(23)18-13-14(18)2/h4-8,14,16-18H,3,9-13H2,1-2H3,(H,21,23)/t14-,17-,18-/m0/s1. The summed E-state index contributed by atoms with van der Waals surface area (Å²) in [5.41, 5.74) is 1.10. The van der Waals surface area contributed by atoms with Crippen LogP contribution in [0.5, 0.6) is 0 Å². The number of hydrogen-bond acceptors (Lipinski definition) is 2. The first kappa shape index (κ1) is 17.0. The number of carbonyl (C=O) groups excluding carboxylic acids is 2. The SMILES string of the molecule is CC[C@H](C(=O)N1CCC(NC(=O)[C@H]2C[C@@H]2C)CC1)c1ccccc1. The molecular formula is C20H28N2O2. The smallest absolute Gasteiger partial charge is 0.230 e. The Labute approximate surface area is 144 Å². The van der Waals surface area contributed by atoms with Gasteiger partial charge in [-0.1, -0.05) is 44.2 Å². The lowest BCUT2D eigenvalue weighted by Gasteiger charge is -2.34. The Morgan fingerprint density at radius 1 is 1.21 bits per heavy atom. The molecule has 4 nitrogen and oxygen atoms in total. The molecule has 1 aromatic carbocycles. The monoisotopic (exact) mass is 328 g/mol. The van der Waals surface area contributed by atoms with Crippen molar-refractivity contribution in [1.29, 1.82) is 0 Å². The van der Waals surface area contributed by atoms with Gasteiger partial charge in [0.15, 0.2) is 0 Å². The average Bonchev–Trinajstić information content (AvgIpc) is 3.34. The van der Waals surface area contributed by atoms with Crippen molar-refractivity contribution in [3.8, 4) is 0 Å². The van der Waals surface area contributed by atoms with E-state index in [1.807, 2.05) is 35.2 Å². The number of amides is 2.